The standard InChI is InChI=1S/C29H34N4O/c1-7-8-27(21(4)14-28-31-22(5)15-29(34)32(28)6)33-12-11-26-24(18-33)16-23(17-30-26)25-10-9-19(2)13-20(25)3/h8-10,13-17H,7,11-12,18H2,1-6H3/b21-14-,27-8-. The quantitative estimate of drug-likeness (QED) is 0.476. The molecule has 5 nitrogen and oxygen atoms in total. The molecule has 2 aromatic heterocycles. The molecule has 34 heavy (non-hydrogen) atoms. The van der Waals surface area contributed by atoms with Crippen LogP contribution in [0.3, 0.4) is 0 Å². The Morgan fingerprint density at radius 2 is 1.94 bits per heavy atom. The average molecular weight is 455 g/mol. The Hall–Kier alpha value is -3.47. The fourth-order valence-electron chi connectivity index (χ4n) is 4.72. The van der Waals surface area contributed by atoms with Crippen LogP contribution in [0, 0.1) is 20.8 Å². The van der Waals surface area contributed by atoms with E-state index >= 15 is 0 Å². The smallest absolute Gasteiger partial charge is 0.253 e. The molecule has 1 aliphatic rings. The van der Waals surface area contributed by atoms with E-state index in [0.717, 1.165) is 37.2 Å². The van der Waals surface area contributed by atoms with E-state index in [0.29, 0.717) is 5.82 Å². The zero-order valence-electron chi connectivity index (χ0n) is 21.1. The van der Waals surface area contributed by atoms with Gasteiger partial charge in [-0.15, -0.1) is 0 Å². The minimum absolute atomic E-state index is 0.0375. The van der Waals surface area contributed by atoms with Crippen molar-refractivity contribution in [1.29, 1.82) is 0 Å². The summed E-state index contributed by atoms with van der Waals surface area (Å²) in [4.78, 5) is 24.1. The number of aromatic nitrogens is 3. The fourth-order valence-corrected chi connectivity index (χ4v) is 4.72. The molecule has 0 N–H and O–H groups in total. The summed E-state index contributed by atoms with van der Waals surface area (Å²) in [6.07, 6.45) is 8.16. The summed E-state index contributed by atoms with van der Waals surface area (Å²) in [5.74, 6) is 0.681. The van der Waals surface area contributed by atoms with Crippen LogP contribution in [0.15, 0.2) is 58.7 Å². The van der Waals surface area contributed by atoms with Gasteiger partial charge in [0.15, 0.2) is 0 Å². The summed E-state index contributed by atoms with van der Waals surface area (Å²) in [5.41, 5.74) is 10.4. The molecule has 0 unspecified atom stereocenters. The SMILES string of the molecule is CC/C=C(/C(C)=C\c1nc(C)cc(=O)n1C)N1CCc2ncc(-c3ccc(C)cc3C)cc2C1. The first-order valence-electron chi connectivity index (χ1n) is 12.0. The maximum absolute atomic E-state index is 12.2. The van der Waals surface area contributed by atoms with Crippen molar-refractivity contribution in [3.05, 3.63) is 98.1 Å². The maximum atomic E-state index is 12.2. The molecule has 0 bridgehead atoms. The Bertz CT molecular complexity index is 1350. The van der Waals surface area contributed by atoms with Crippen LogP contribution in [0.5, 0.6) is 0 Å². The molecule has 0 fully saturated rings. The molecule has 3 aromatic rings. The van der Waals surface area contributed by atoms with Crippen molar-refractivity contribution >= 4 is 6.08 Å². The van der Waals surface area contributed by atoms with E-state index in [1.807, 2.05) is 19.2 Å². The average Bonchev–Trinajstić information content (AvgIpc) is 2.80. The molecular formula is C29H34N4O. The number of benzene rings is 1. The predicted molar refractivity (Wildman–Crippen MR) is 140 cm³/mol. The van der Waals surface area contributed by atoms with Crippen molar-refractivity contribution in [1.82, 2.24) is 19.4 Å². The number of hydrogen-bond donors (Lipinski definition) is 0. The number of nitrogens with zero attached hydrogens (tertiary/aromatic N) is 4. The van der Waals surface area contributed by atoms with Crippen LogP contribution >= 0.6 is 0 Å². The molecule has 0 atom stereocenters. The summed E-state index contributed by atoms with van der Waals surface area (Å²) < 4.78 is 1.60. The summed E-state index contributed by atoms with van der Waals surface area (Å²) in [5, 5.41) is 0. The molecular weight excluding hydrogens is 420 g/mol. The highest BCUT2D eigenvalue weighted by Gasteiger charge is 2.21. The summed E-state index contributed by atoms with van der Waals surface area (Å²) >= 11 is 0. The Balaban J connectivity index is 1.66. The third kappa shape index (κ3) is 4.89. The van der Waals surface area contributed by atoms with Gasteiger partial charge in [0.1, 0.15) is 5.82 Å². The van der Waals surface area contributed by atoms with Gasteiger partial charge in [0, 0.05) is 61.5 Å². The number of pyridine rings is 1. The lowest BCUT2D eigenvalue weighted by Crippen LogP contribution is -2.31. The van der Waals surface area contributed by atoms with Gasteiger partial charge >= 0.3 is 0 Å². The Labute approximate surface area is 202 Å². The zero-order chi connectivity index (χ0) is 24.4. The van der Waals surface area contributed by atoms with Crippen molar-refractivity contribution in [3.63, 3.8) is 0 Å². The highest BCUT2D eigenvalue weighted by molar-refractivity contribution is 5.68. The minimum Gasteiger partial charge on any atom is -0.367 e. The van der Waals surface area contributed by atoms with Gasteiger partial charge in [-0.25, -0.2) is 4.98 Å². The van der Waals surface area contributed by atoms with Crippen LogP contribution in [-0.4, -0.2) is 26.0 Å². The van der Waals surface area contributed by atoms with E-state index in [4.69, 9.17) is 4.98 Å². The lowest BCUT2D eigenvalue weighted by atomic mass is 9.96. The number of rotatable bonds is 5. The van der Waals surface area contributed by atoms with Crippen LogP contribution < -0.4 is 5.56 Å². The fraction of sp³-hybridized carbons (Fsp3) is 0.345. The summed E-state index contributed by atoms with van der Waals surface area (Å²) in [6.45, 7) is 12.1. The first kappa shape index (κ1) is 23.7. The monoisotopic (exact) mass is 454 g/mol. The van der Waals surface area contributed by atoms with E-state index in [-0.39, 0.29) is 5.56 Å². The van der Waals surface area contributed by atoms with Gasteiger partial charge in [-0.1, -0.05) is 36.8 Å². The number of aryl methyl sites for hydroxylation is 3. The van der Waals surface area contributed by atoms with Gasteiger partial charge in [0.2, 0.25) is 0 Å². The van der Waals surface area contributed by atoms with Crippen molar-refractivity contribution in [2.45, 2.75) is 54.0 Å². The van der Waals surface area contributed by atoms with Crippen molar-refractivity contribution in [2.24, 2.45) is 7.05 Å². The van der Waals surface area contributed by atoms with Gasteiger partial charge < -0.3 is 4.90 Å². The Morgan fingerprint density at radius 1 is 1.15 bits per heavy atom. The molecule has 0 saturated carbocycles. The third-order valence-corrected chi connectivity index (χ3v) is 6.52. The molecule has 4 rings (SSSR count). The maximum Gasteiger partial charge on any atom is 0.253 e. The normalized spacial score (nSPS) is 14.4. The zero-order valence-corrected chi connectivity index (χ0v) is 21.1. The highest BCUT2D eigenvalue weighted by Crippen LogP contribution is 2.30. The first-order chi connectivity index (χ1) is 16.3. The Kier molecular flexibility index (Phi) is 6.82. The lowest BCUT2D eigenvalue weighted by Gasteiger charge is -2.33. The van der Waals surface area contributed by atoms with E-state index in [1.165, 1.54) is 39.2 Å². The van der Waals surface area contributed by atoms with E-state index < -0.39 is 0 Å². The van der Waals surface area contributed by atoms with Crippen LogP contribution in [0.1, 0.15) is 54.2 Å². The van der Waals surface area contributed by atoms with Crippen molar-refractivity contribution < 1.29 is 0 Å². The van der Waals surface area contributed by atoms with Crippen LogP contribution in [0.2, 0.25) is 0 Å². The van der Waals surface area contributed by atoms with Crippen molar-refractivity contribution in [2.75, 3.05) is 6.54 Å². The summed E-state index contributed by atoms with van der Waals surface area (Å²) in [7, 11) is 1.77. The molecule has 0 saturated heterocycles. The van der Waals surface area contributed by atoms with Gasteiger partial charge in [0.25, 0.3) is 5.56 Å². The van der Waals surface area contributed by atoms with E-state index in [1.54, 1.807) is 17.7 Å². The highest BCUT2D eigenvalue weighted by atomic mass is 16.1. The van der Waals surface area contributed by atoms with Gasteiger partial charge in [-0.2, -0.15) is 0 Å². The Morgan fingerprint density at radius 3 is 2.68 bits per heavy atom. The van der Waals surface area contributed by atoms with E-state index in [2.05, 4.69) is 67.9 Å². The molecule has 0 amide bonds. The lowest BCUT2D eigenvalue weighted by molar-refractivity contribution is 0.324. The number of fused-ring (bicyclic) bond motifs is 1. The largest absolute Gasteiger partial charge is 0.367 e. The molecule has 0 radical (unpaired) electrons. The second kappa shape index (κ2) is 9.80. The molecule has 1 aromatic carbocycles. The topological polar surface area (TPSA) is 51.0 Å². The predicted octanol–water partition coefficient (Wildman–Crippen LogP) is 5.52. The van der Waals surface area contributed by atoms with Crippen molar-refractivity contribution in [3.8, 4) is 11.1 Å². The van der Waals surface area contributed by atoms with Crippen LogP contribution in [-0.2, 0) is 20.0 Å². The third-order valence-electron chi connectivity index (χ3n) is 6.52. The minimum atomic E-state index is -0.0375. The van der Waals surface area contributed by atoms with Gasteiger partial charge in [-0.3, -0.25) is 14.3 Å². The first-order valence-corrected chi connectivity index (χ1v) is 12.0. The number of allylic oxidation sites excluding steroid dienone is 2. The second-order valence-electron chi connectivity index (χ2n) is 9.30. The molecule has 1 aliphatic heterocycles. The van der Waals surface area contributed by atoms with Crippen LogP contribution in [0.25, 0.3) is 17.2 Å². The molecule has 0 aliphatic carbocycles. The second-order valence-corrected chi connectivity index (χ2v) is 9.30. The molecule has 3 heterocycles. The molecule has 0 spiro atoms. The summed E-state index contributed by atoms with van der Waals surface area (Å²) in [6, 6.07) is 10.5. The van der Waals surface area contributed by atoms with Gasteiger partial charge in [-0.05, 0) is 68.5 Å². The van der Waals surface area contributed by atoms with Crippen LogP contribution in [0.4, 0.5) is 0 Å². The van der Waals surface area contributed by atoms with Gasteiger partial charge in [0.05, 0.1) is 0 Å². The molecule has 176 valence electrons. The number of hydrogen-bond acceptors (Lipinski definition) is 4. The molecule has 5 heteroatoms. The van der Waals surface area contributed by atoms with E-state index in [9.17, 15) is 4.79 Å².